The number of aryl methyl sites for hydroxylation is 1. The van der Waals surface area contributed by atoms with Crippen LogP contribution in [0.3, 0.4) is 0 Å². The van der Waals surface area contributed by atoms with Crippen molar-refractivity contribution in [3.8, 4) is 0 Å². The van der Waals surface area contributed by atoms with Gasteiger partial charge in [-0.25, -0.2) is 9.52 Å². The van der Waals surface area contributed by atoms with Crippen LogP contribution in [-0.4, -0.2) is 26.1 Å². The van der Waals surface area contributed by atoms with E-state index in [2.05, 4.69) is 9.46 Å². The Morgan fingerprint density at radius 3 is 2.65 bits per heavy atom. The number of carbonyl (C=O) groups is 1. The van der Waals surface area contributed by atoms with Crippen LogP contribution in [-0.2, 0) is 14.9 Å². The molecule has 0 fully saturated rings. The molecule has 0 saturated carbocycles. The largest absolute Gasteiger partial charge is 0.449 e. The summed E-state index contributed by atoms with van der Waals surface area (Å²) in [7, 11) is -4.08. The minimum atomic E-state index is -4.08. The van der Waals surface area contributed by atoms with Gasteiger partial charge in [-0.05, 0) is 25.5 Å². The van der Waals surface area contributed by atoms with Gasteiger partial charge in [0.1, 0.15) is 4.99 Å². The lowest BCUT2D eigenvalue weighted by atomic mass is 10.1. The highest BCUT2D eigenvalue weighted by atomic mass is 32.2. The van der Waals surface area contributed by atoms with Gasteiger partial charge in [-0.1, -0.05) is 24.4 Å². The summed E-state index contributed by atoms with van der Waals surface area (Å²) in [5.41, 5.74) is 6.92. The second kappa shape index (κ2) is 6.53. The van der Waals surface area contributed by atoms with E-state index >= 15 is 0 Å². The first-order valence-electron chi connectivity index (χ1n) is 5.63. The molecule has 0 heterocycles. The molecule has 0 bridgehead atoms. The average molecular weight is 317 g/mol. The average Bonchev–Trinajstić information content (AvgIpc) is 2.30. The van der Waals surface area contributed by atoms with Crippen LogP contribution < -0.4 is 15.2 Å². The standard InChI is InChI=1S/C11H15N3O4S2/c1-3-18-11(15)14-20(16,17)13-9-6-8(10(12)19)5-4-7(9)2/h4-6,13H,3H2,1-2H3,(H2,12,19)(H,14,15). The molecular formula is C11H15N3O4S2. The number of benzene rings is 1. The Bertz CT molecular complexity index is 629. The van der Waals surface area contributed by atoms with Gasteiger partial charge in [-0.3, -0.25) is 4.72 Å². The van der Waals surface area contributed by atoms with Crippen molar-refractivity contribution in [2.45, 2.75) is 13.8 Å². The third-order valence-electron chi connectivity index (χ3n) is 2.26. The van der Waals surface area contributed by atoms with Gasteiger partial charge in [0, 0.05) is 5.56 Å². The Morgan fingerprint density at radius 2 is 2.10 bits per heavy atom. The molecule has 0 unspecified atom stereocenters. The van der Waals surface area contributed by atoms with Gasteiger partial charge in [0.25, 0.3) is 0 Å². The number of carbonyl (C=O) groups excluding carboxylic acids is 1. The molecule has 1 amide bonds. The maximum atomic E-state index is 11.7. The molecule has 0 aromatic heterocycles. The van der Waals surface area contributed by atoms with Gasteiger partial charge in [0.15, 0.2) is 0 Å². The van der Waals surface area contributed by atoms with Gasteiger partial charge >= 0.3 is 16.3 Å². The van der Waals surface area contributed by atoms with Gasteiger partial charge in [0.05, 0.1) is 12.3 Å². The zero-order chi connectivity index (χ0) is 15.3. The molecule has 1 aromatic carbocycles. The van der Waals surface area contributed by atoms with Crippen molar-refractivity contribution in [3.05, 3.63) is 29.3 Å². The molecule has 0 atom stereocenters. The van der Waals surface area contributed by atoms with Gasteiger partial charge in [-0.2, -0.15) is 8.42 Å². The summed E-state index contributed by atoms with van der Waals surface area (Å²) < 4.78 is 31.9. The molecule has 0 saturated heterocycles. The van der Waals surface area contributed by atoms with Crippen LogP contribution in [0, 0.1) is 6.92 Å². The van der Waals surface area contributed by atoms with Crippen LogP contribution in [0.2, 0.25) is 0 Å². The molecule has 0 radical (unpaired) electrons. The summed E-state index contributed by atoms with van der Waals surface area (Å²) in [6.45, 7) is 3.33. The fraction of sp³-hybridized carbons (Fsp3) is 0.273. The summed E-state index contributed by atoms with van der Waals surface area (Å²) in [4.78, 5) is 11.3. The van der Waals surface area contributed by atoms with E-state index < -0.39 is 16.3 Å². The van der Waals surface area contributed by atoms with E-state index in [1.165, 1.54) is 6.07 Å². The lowest BCUT2D eigenvalue weighted by Gasteiger charge is -2.12. The maximum Gasteiger partial charge on any atom is 0.422 e. The Morgan fingerprint density at radius 1 is 1.45 bits per heavy atom. The third kappa shape index (κ3) is 4.67. The van der Waals surface area contributed by atoms with E-state index in [4.69, 9.17) is 18.0 Å². The number of ether oxygens (including phenoxy) is 1. The molecule has 4 N–H and O–H groups in total. The van der Waals surface area contributed by atoms with Crippen molar-refractivity contribution in [3.63, 3.8) is 0 Å². The smallest absolute Gasteiger partial charge is 0.422 e. The quantitative estimate of drug-likeness (QED) is 0.700. The molecule has 7 nitrogen and oxygen atoms in total. The van der Waals surface area contributed by atoms with Crippen LogP contribution in [0.1, 0.15) is 18.1 Å². The highest BCUT2D eigenvalue weighted by molar-refractivity contribution is 7.91. The monoisotopic (exact) mass is 317 g/mol. The van der Waals surface area contributed by atoms with Crippen molar-refractivity contribution < 1.29 is 17.9 Å². The summed E-state index contributed by atoms with van der Waals surface area (Å²) in [6, 6.07) is 4.83. The van der Waals surface area contributed by atoms with Crippen molar-refractivity contribution in [1.29, 1.82) is 0 Å². The fourth-order valence-electron chi connectivity index (χ4n) is 1.33. The predicted molar refractivity (Wildman–Crippen MR) is 79.8 cm³/mol. The Hall–Kier alpha value is -1.87. The third-order valence-corrected chi connectivity index (χ3v) is 3.42. The van der Waals surface area contributed by atoms with Crippen molar-refractivity contribution >= 4 is 39.2 Å². The Labute approximate surface area is 122 Å². The first-order chi connectivity index (χ1) is 9.25. The lowest BCUT2D eigenvalue weighted by Crippen LogP contribution is -2.36. The number of rotatable bonds is 5. The molecule has 0 aliphatic rings. The van der Waals surface area contributed by atoms with Crippen LogP contribution in [0.25, 0.3) is 0 Å². The number of amides is 1. The molecule has 0 aliphatic carbocycles. The SMILES string of the molecule is CCOC(=O)NS(=O)(=O)Nc1cc(C(N)=S)ccc1C. The summed E-state index contributed by atoms with van der Waals surface area (Å²) in [5.74, 6) is 0. The van der Waals surface area contributed by atoms with Crippen LogP contribution in [0.4, 0.5) is 10.5 Å². The summed E-state index contributed by atoms with van der Waals surface area (Å²) in [5, 5.41) is 0. The molecule has 9 heteroatoms. The van der Waals surface area contributed by atoms with E-state index in [0.29, 0.717) is 11.1 Å². The number of thiocarbonyl (C=S) groups is 1. The Balaban J connectivity index is 2.94. The number of anilines is 1. The normalized spacial score (nSPS) is 10.7. The number of hydrogen-bond donors (Lipinski definition) is 3. The number of hydrogen-bond acceptors (Lipinski definition) is 5. The second-order valence-electron chi connectivity index (χ2n) is 3.82. The molecule has 1 rings (SSSR count). The first-order valence-corrected chi connectivity index (χ1v) is 7.52. The van der Waals surface area contributed by atoms with Gasteiger partial charge in [-0.15, -0.1) is 0 Å². The molecule has 1 aromatic rings. The molecule has 20 heavy (non-hydrogen) atoms. The van der Waals surface area contributed by atoms with E-state index in [1.54, 1.807) is 30.7 Å². The van der Waals surface area contributed by atoms with Crippen LogP contribution >= 0.6 is 12.2 Å². The summed E-state index contributed by atoms with van der Waals surface area (Å²) >= 11 is 4.82. The minimum absolute atomic E-state index is 0.0668. The van der Waals surface area contributed by atoms with Crippen molar-refractivity contribution in [2.75, 3.05) is 11.3 Å². The van der Waals surface area contributed by atoms with E-state index in [9.17, 15) is 13.2 Å². The van der Waals surface area contributed by atoms with E-state index in [0.717, 1.165) is 0 Å². The second-order valence-corrected chi connectivity index (χ2v) is 5.68. The fourth-order valence-corrected chi connectivity index (χ4v) is 2.29. The first kappa shape index (κ1) is 16.2. The Kier molecular flexibility index (Phi) is 5.28. The van der Waals surface area contributed by atoms with E-state index in [-0.39, 0.29) is 17.3 Å². The minimum Gasteiger partial charge on any atom is -0.449 e. The van der Waals surface area contributed by atoms with Crippen LogP contribution in [0.5, 0.6) is 0 Å². The number of nitrogens with two attached hydrogens (primary N) is 1. The highest BCUT2D eigenvalue weighted by Gasteiger charge is 2.16. The topological polar surface area (TPSA) is 111 Å². The summed E-state index contributed by atoms with van der Waals surface area (Å²) in [6.07, 6.45) is -1.05. The number of nitrogens with one attached hydrogen (secondary N) is 2. The molecule has 0 aliphatic heterocycles. The lowest BCUT2D eigenvalue weighted by molar-refractivity contribution is 0.159. The van der Waals surface area contributed by atoms with E-state index in [1.807, 2.05) is 0 Å². The van der Waals surface area contributed by atoms with Gasteiger partial charge < -0.3 is 10.5 Å². The highest BCUT2D eigenvalue weighted by Crippen LogP contribution is 2.18. The van der Waals surface area contributed by atoms with Gasteiger partial charge in [0.2, 0.25) is 0 Å². The zero-order valence-electron chi connectivity index (χ0n) is 11.0. The zero-order valence-corrected chi connectivity index (χ0v) is 12.6. The van der Waals surface area contributed by atoms with Crippen molar-refractivity contribution in [2.24, 2.45) is 5.73 Å². The molecular weight excluding hydrogens is 302 g/mol. The molecule has 110 valence electrons. The van der Waals surface area contributed by atoms with Crippen molar-refractivity contribution in [1.82, 2.24) is 4.72 Å². The van der Waals surface area contributed by atoms with Crippen LogP contribution in [0.15, 0.2) is 18.2 Å². The molecule has 0 spiro atoms. The maximum absolute atomic E-state index is 11.7. The predicted octanol–water partition coefficient (Wildman–Crippen LogP) is 1.03.